The lowest BCUT2D eigenvalue weighted by Crippen LogP contribution is -1.91. The summed E-state index contributed by atoms with van der Waals surface area (Å²) in [6, 6.07) is 64.2. The SMILES string of the molecule is c1ccc(-c2c3ccccc3c(-c3cccc4sc5cc(-c6c7ccccc7c(-c7ccco7)c7ccccc67)ccc5c34)c3ccccc23)cc1. The zero-order valence-electron chi connectivity index (χ0n) is 28.1. The summed E-state index contributed by atoms with van der Waals surface area (Å²) in [5.74, 6) is 0.892. The summed E-state index contributed by atoms with van der Waals surface area (Å²) in [6.07, 6.45) is 1.76. The van der Waals surface area contributed by atoms with Crippen LogP contribution in [-0.2, 0) is 0 Å². The Morgan fingerprint density at radius 3 is 1.40 bits per heavy atom. The monoisotopic (exact) mass is 678 g/mol. The largest absolute Gasteiger partial charge is 0.464 e. The molecule has 0 unspecified atom stereocenters. The number of thiophene rings is 1. The van der Waals surface area contributed by atoms with Crippen LogP contribution in [0.25, 0.3) is 108 Å². The van der Waals surface area contributed by atoms with Crippen LogP contribution in [0.5, 0.6) is 0 Å². The van der Waals surface area contributed by atoms with Crippen LogP contribution in [0.4, 0.5) is 0 Å². The van der Waals surface area contributed by atoms with Crippen molar-refractivity contribution in [1.82, 2.24) is 0 Å². The van der Waals surface area contributed by atoms with Gasteiger partial charge in [0.2, 0.25) is 0 Å². The third kappa shape index (κ3) is 4.28. The van der Waals surface area contributed by atoms with E-state index in [2.05, 4.69) is 170 Å². The number of fused-ring (bicyclic) bond motifs is 7. The Bertz CT molecular complexity index is 3050. The van der Waals surface area contributed by atoms with E-state index in [-0.39, 0.29) is 0 Å². The minimum Gasteiger partial charge on any atom is -0.464 e. The van der Waals surface area contributed by atoms with Crippen LogP contribution in [0.2, 0.25) is 0 Å². The molecule has 0 radical (unpaired) electrons. The molecule has 9 aromatic carbocycles. The first kappa shape index (κ1) is 29.3. The fraction of sp³-hybridized carbons (Fsp3) is 0. The summed E-state index contributed by atoms with van der Waals surface area (Å²) < 4.78 is 8.59. The number of hydrogen-bond acceptors (Lipinski definition) is 2. The predicted octanol–water partition coefficient (Wildman–Crippen LogP) is 14.9. The quantitative estimate of drug-likeness (QED) is 0.169. The van der Waals surface area contributed by atoms with Gasteiger partial charge in [0.25, 0.3) is 0 Å². The molecule has 0 saturated carbocycles. The molecule has 2 aromatic heterocycles. The molecule has 52 heavy (non-hydrogen) atoms. The van der Waals surface area contributed by atoms with E-state index in [0.29, 0.717) is 0 Å². The predicted molar refractivity (Wildman–Crippen MR) is 223 cm³/mol. The normalized spacial score (nSPS) is 11.8. The van der Waals surface area contributed by atoms with E-state index in [9.17, 15) is 0 Å². The molecule has 0 bridgehead atoms. The molecule has 0 aliphatic carbocycles. The summed E-state index contributed by atoms with van der Waals surface area (Å²) in [5.41, 5.74) is 8.74. The molecule has 0 saturated heterocycles. The maximum absolute atomic E-state index is 6.00. The Balaban J connectivity index is 1.19. The fourth-order valence-electron chi connectivity index (χ4n) is 8.65. The van der Waals surface area contributed by atoms with Gasteiger partial charge in [0.05, 0.1) is 6.26 Å². The van der Waals surface area contributed by atoms with Gasteiger partial charge < -0.3 is 4.42 Å². The second-order valence-corrected chi connectivity index (χ2v) is 14.6. The van der Waals surface area contributed by atoms with Gasteiger partial charge in [0, 0.05) is 25.7 Å². The van der Waals surface area contributed by atoms with Gasteiger partial charge in [-0.3, -0.25) is 0 Å². The van der Waals surface area contributed by atoms with Crippen LogP contribution >= 0.6 is 11.3 Å². The molecule has 242 valence electrons. The van der Waals surface area contributed by atoms with Gasteiger partial charge in [-0.15, -0.1) is 11.3 Å². The number of benzene rings is 9. The van der Waals surface area contributed by atoms with Crippen molar-refractivity contribution in [3.05, 3.63) is 182 Å². The molecule has 0 aliphatic heterocycles. The van der Waals surface area contributed by atoms with Crippen molar-refractivity contribution in [2.75, 3.05) is 0 Å². The maximum atomic E-state index is 6.00. The zero-order valence-corrected chi connectivity index (χ0v) is 29.0. The molecular formula is C50H30OS. The van der Waals surface area contributed by atoms with Crippen LogP contribution in [0.15, 0.2) is 187 Å². The molecule has 0 N–H and O–H groups in total. The van der Waals surface area contributed by atoms with Gasteiger partial charge >= 0.3 is 0 Å². The molecule has 0 spiro atoms. The highest BCUT2D eigenvalue weighted by Gasteiger charge is 2.21. The minimum absolute atomic E-state index is 0.892. The van der Waals surface area contributed by atoms with Gasteiger partial charge in [0.15, 0.2) is 0 Å². The van der Waals surface area contributed by atoms with Crippen LogP contribution in [0.3, 0.4) is 0 Å². The summed E-state index contributed by atoms with van der Waals surface area (Å²) in [4.78, 5) is 0. The molecule has 2 heteroatoms. The molecule has 2 heterocycles. The average Bonchev–Trinajstić information content (AvgIpc) is 3.87. The maximum Gasteiger partial charge on any atom is 0.135 e. The van der Waals surface area contributed by atoms with Crippen LogP contribution in [-0.4, -0.2) is 0 Å². The van der Waals surface area contributed by atoms with Crippen molar-refractivity contribution in [1.29, 1.82) is 0 Å². The second kappa shape index (κ2) is 11.5. The van der Waals surface area contributed by atoms with Crippen molar-refractivity contribution < 1.29 is 4.42 Å². The molecule has 11 aromatic rings. The van der Waals surface area contributed by atoms with Crippen molar-refractivity contribution in [3.8, 4) is 44.7 Å². The highest BCUT2D eigenvalue weighted by molar-refractivity contribution is 7.26. The Morgan fingerprint density at radius 2 is 0.846 bits per heavy atom. The second-order valence-electron chi connectivity index (χ2n) is 13.5. The fourth-order valence-corrected chi connectivity index (χ4v) is 9.82. The van der Waals surface area contributed by atoms with Gasteiger partial charge in [0.1, 0.15) is 5.76 Å². The van der Waals surface area contributed by atoms with Crippen LogP contribution in [0, 0.1) is 0 Å². The first-order valence-corrected chi connectivity index (χ1v) is 18.6. The molecular weight excluding hydrogens is 649 g/mol. The lowest BCUT2D eigenvalue weighted by molar-refractivity contribution is 0.583. The summed E-state index contributed by atoms with van der Waals surface area (Å²) >= 11 is 1.89. The van der Waals surface area contributed by atoms with Gasteiger partial charge in [-0.1, -0.05) is 152 Å². The van der Waals surface area contributed by atoms with E-state index in [4.69, 9.17) is 4.42 Å². The first-order valence-electron chi connectivity index (χ1n) is 17.8. The van der Waals surface area contributed by atoms with Crippen LogP contribution in [0.1, 0.15) is 0 Å². The van der Waals surface area contributed by atoms with E-state index in [1.807, 2.05) is 17.4 Å². The molecule has 0 fully saturated rings. The molecule has 1 nitrogen and oxygen atoms in total. The van der Waals surface area contributed by atoms with E-state index >= 15 is 0 Å². The average molecular weight is 679 g/mol. The van der Waals surface area contributed by atoms with E-state index in [0.717, 1.165) is 11.3 Å². The van der Waals surface area contributed by atoms with E-state index < -0.39 is 0 Å². The van der Waals surface area contributed by atoms with E-state index in [1.54, 1.807) is 6.26 Å². The lowest BCUT2D eigenvalue weighted by atomic mass is 9.85. The number of rotatable bonds is 4. The highest BCUT2D eigenvalue weighted by Crippen LogP contribution is 2.49. The molecule has 0 atom stereocenters. The Kier molecular flexibility index (Phi) is 6.49. The molecule has 0 aliphatic rings. The standard InChI is InChI=1S/C50H30OS/c1-2-14-31(15-3-1)46-33-16-4-8-20-37(33)48(38-21-9-5-17-34(38)46)42-24-12-26-44-50(42)41-28-27-32(30-45(41)52-44)47-35-18-6-10-22-39(35)49(43-25-13-29-51-43)40-23-11-7-19-36(40)47/h1-30H. The van der Waals surface area contributed by atoms with Crippen molar-refractivity contribution in [2.24, 2.45) is 0 Å². The van der Waals surface area contributed by atoms with Crippen LogP contribution < -0.4 is 0 Å². The third-order valence-corrected chi connectivity index (χ3v) is 11.9. The molecule has 0 amide bonds. The van der Waals surface area contributed by atoms with Crippen molar-refractivity contribution >= 4 is 74.6 Å². The Hall–Kier alpha value is -6.48. The smallest absolute Gasteiger partial charge is 0.135 e. The summed E-state index contributed by atoms with van der Waals surface area (Å²) in [7, 11) is 0. The Morgan fingerprint density at radius 1 is 0.327 bits per heavy atom. The zero-order chi connectivity index (χ0) is 34.2. The topological polar surface area (TPSA) is 13.1 Å². The van der Waals surface area contributed by atoms with Gasteiger partial charge in [-0.2, -0.15) is 0 Å². The van der Waals surface area contributed by atoms with Gasteiger partial charge in [-0.25, -0.2) is 0 Å². The van der Waals surface area contributed by atoms with Gasteiger partial charge in [-0.05, 0) is 101 Å². The number of hydrogen-bond donors (Lipinski definition) is 0. The summed E-state index contributed by atoms with van der Waals surface area (Å²) in [5, 5.41) is 12.6. The third-order valence-electron chi connectivity index (χ3n) is 10.7. The van der Waals surface area contributed by atoms with Crippen molar-refractivity contribution in [2.45, 2.75) is 0 Å². The molecule has 11 rings (SSSR count). The highest BCUT2D eigenvalue weighted by atomic mass is 32.1. The first-order chi connectivity index (χ1) is 25.8. The Labute approximate surface area is 304 Å². The van der Waals surface area contributed by atoms with Crippen molar-refractivity contribution in [3.63, 3.8) is 0 Å². The summed E-state index contributed by atoms with van der Waals surface area (Å²) in [6.45, 7) is 0. The number of furan rings is 1. The lowest BCUT2D eigenvalue weighted by Gasteiger charge is -2.18. The van der Waals surface area contributed by atoms with E-state index in [1.165, 1.54) is 96.6 Å². The minimum atomic E-state index is 0.892.